The molecule has 4 nitrogen and oxygen atoms in total. The van der Waals surface area contributed by atoms with Gasteiger partial charge >= 0.3 is 0 Å². The predicted octanol–water partition coefficient (Wildman–Crippen LogP) is 2.83. The van der Waals surface area contributed by atoms with Gasteiger partial charge in [-0.1, -0.05) is 24.3 Å². The van der Waals surface area contributed by atoms with Gasteiger partial charge in [-0.05, 0) is 30.5 Å². The molecule has 3 heterocycles. The summed E-state index contributed by atoms with van der Waals surface area (Å²) in [5.41, 5.74) is 4.91. The van der Waals surface area contributed by atoms with E-state index in [4.69, 9.17) is 0 Å². The monoisotopic (exact) mass is 264 g/mol. The molecule has 0 atom stereocenters. The number of hydrogen-bond acceptors (Lipinski definition) is 3. The van der Waals surface area contributed by atoms with Gasteiger partial charge in [0, 0.05) is 18.8 Å². The second kappa shape index (κ2) is 4.34. The van der Waals surface area contributed by atoms with E-state index >= 15 is 0 Å². The molecule has 0 bridgehead atoms. The molecule has 2 aromatic heterocycles. The highest BCUT2D eigenvalue weighted by molar-refractivity contribution is 5.88. The van der Waals surface area contributed by atoms with Gasteiger partial charge in [-0.15, -0.1) is 0 Å². The number of aromatic nitrogens is 3. The van der Waals surface area contributed by atoms with Crippen molar-refractivity contribution in [1.82, 2.24) is 15.0 Å². The van der Waals surface area contributed by atoms with Gasteiger partial charge in [0.25, 0.3) is 0 Å². The first-order chi connectivity index (χ1) is 9.81. The van der Waals surface area contributed by atoms with Crippen LogP contribution < -0.4 is 4.90 Å². The molecule has 0 spiro atoms. The number of aromatic amines is 1. The van der Waals surface area contributed by atoms with Crippen molar-refractivity contribution in [2.75, 3.05) is 11.4 Å². The fourth-order valence-electron chi connectivity index (χ4n) is 2.99. The number of fused-ring (bicyclic) bond motifs is 2. The van der Waals surface area contributed by atoms with Crippen LogP contribution in [0.4, 0.5) is 5.82 Å². The number of nitrogens with zero attached hydrogens (tertiary/aromatic N) is 3. The fraction of sp³-hybridized carbons (Fsp3) is 0.250. The molecule has 20 heavy (non-hydrogen) atoms. The highest BCUT2D eigenvalue weighted by atomic mass is 15.2. The molecule has 4 rings (SSSR count). The Labute approximate surface area is 117 Å². The zero-order valence-electron chi connectivity index (χ0n) is 11.4. The molecule has 0 saturated carbocycles. The first kappa shape index (κ1) is 11.5. The number of hydrogen-bond donors (Lipinski definition) is 1. The predicted molar refractivity (Wildman–Crippen MR) is 79.8 cm³/mol. The lowest BCUT2D eigenvalue weighted by Gasteiger charge is -2.30. The van der Waals surface area contributed by atoms with Crippen molar-refractivity contribution in [3.8, 4) is 0 Å². The summed E-state index contributed by atoms with van der Waals surface area (Å²) in [7, 11) is 0. The Balaban J connectivity index is 1.78. The smallest absolute Gasteiger partial charge is 0.143 e. The minimum atomic E-state index is 0.923. The van der Waals surface area contributed by atoms with E-state index in [0.29, 0.717) is 0 Å². The van der Waals surface area contributed by atoms with Crippen LogP contribution >= 0.6 is 0 Å². The summed E-state index contributed by atoms with van der Waals surface area (Å²) < 4.78 is 0. The SMILES string of the molecule is Cc1cc2c(N3CCc4ccccc4C3)ncnc2[nH]1. The molecule has 3 aromatic rings. The Morgan fingerprint density at radius 1 is 1.15 bits per heavy atom. The molecule has 0 unspecified atom stereocenters. The lowest BCUT2D eigenvalue weighted by atomic mass is 10.00. The van der Waals surface area contributed by atoms with E-state index in [1.54, 1.807) is 6.33 Å². The van der Waals surface area contributed by atoms with Crippen molar-refractivity contribution < 1.29 is 0 Å². The molecule has 0 fully saturated rings. The van der Waals surface area contributed by atoms with Crippen LogP contribution in [0.15, 0.2) is 36.7 Å². The topological polar surface area (TPSA) is 44.8 Å². The van der Waals surface area contributed by atoms with E-state index in [2.05, 4.69) is 57.1 Å². The van der Waals surface area contributed by atoms with Crippen molar-refractivity contribution in [2.45, 2.75) is 19.9 Å². The number of H-pyrrole nitrogens is 1. The number of nitrogens with one attached hydrogen (secondary N) is 1. The highest BCUT2D eigenvalue weighted by Crippen LogP contribution is 2.28. The van der Waals surface area contributed by atoms with Crippen molar-refractivity contribution in [3.05, 3.63) is 53.5 Å². The largest absolute Gasteiger partial charge is 0.351 e. The quantitative estimate of drug-likeness (QED) is 0.735. The fourth-order valence-corrected chi connectivity index (χ4v) is 2.99. The molecule has 0 amide bonds. The molecular weight excluding hydrogens is 248 g/mol. The summed E-state index contributed by atoms with van der Waals surface area (Å²) in [6.45, 7) is 3.98. The number of anilines is 1. The Hall–Kier alpha value is -2.36. The molecule has 0 saturated heterocycles. The molecule has 1 N–H and O–H groups in total. The van der Waals surface area contributed by atoms with E-state index in [0.717, 1.165) is 42.1 Å². The standard InChI is InChI=1S/C16H16N4/c1-11-8-14-15(19-11)17-10-18-16(14)20-7-6-12-4-2-3-5-13(12)9-20/h2-5,8,10H,6-7,9H2,1H3,(H,17,18,19). The second-order valence-electron chi connectivity index (χ2n) is 5.35. The summed E-state index contributed by atoms with van der Waals surface area (Å²) in [4.78, 5) is 14.4. The van der Waals surface area contributed by atoms with Gasteiger partial charge in [0.1, 0.15) is 17.8 Å². The summed E-state index contributed by atoms with van der Waals surface area (Å²) in [6.07, 6.45) is 2.72. The van der Waals surface area contributed by atoms with E-state index in [9.17, 15) is 0 Å². The van der Waals surface area contributed by atoms with Crippen LogP contribution in [-0.4, -0.2) is 21.5 Å². The molecule has 0 aliphatic carbocycles. The first-order valence-electron chi connectivity index (χ1n) is 6.93. The van der Waals surface area contributed by atoms with Gasteiger partial charge < -0.3 is 9.88 Å². The van der Waals surface area contributed by atoms with Crippen LogP contribution in [0, 0.1) is 6.92 Å². The average molecular weight is 264 g/mol. The van der Waals surface area contributed by atoms with Crippen molar-refractivity contribution >= 4 is 16.9 Å². The van der Waals surface area contributed by atoms with Crippen LogP contribution in [0.2, 0.25) is 0 Å². The molecule has 1 aliphatic rings. The molecule has 4 heteroatoms. The third kappa shape index (κ3) is 1.76. The number of aryl methyl sites for hydroxylation is 1. The minimum Gasteiger partial charge on any atom is -0.351 e. The Morgan fingerprint density at radius 3 is 2.90 bits per heavy atom. The van der Waals surface area contributed by atoms with Crippen LogP contribution in [0.1, 0.15) is 16.8 Å². The highest BCUT2D eigenvalue weighted by Gasteiger charge is 2.19. The number of benzene rings is 1. The molecular formula is C16H16N4. The Bertz CT molecular complexity index is 775. The van der Waals surface area contributed by atoms with Crippen LogP contribution in [0.25, 0.3) is 11.0 Å². The van der Waals surface area contributed by atoms with Gasteiger partial charge in [0.2, 0.25) is 0 Å². The maximum Gasteiger partial charge on any atom is 0.143 e. The molecule has 0 radical (unpaired) electrons. The maximum atomic E-state index is 4.51. The molecule has 1 aromatic carbocycles. The van der Waals surface area contributed by atoms with Crippen LogP contribution in [-0.2, 0) is 13.0 Å². The lowest BCUT2D eigenvalue weighted by Crippen LogP contribution is -2.31. The minimum absolute atomic E-state index is 0.923. The molecule has 100 valence electrons. The Morgan fingerprint density at radius 2 is 2.00 bits per heavy atom. The van der Waals surface area contributed by atoms with Gasteiger partial charge in [-0.3, -0.25) is 0 Å². The van der Waals surface area contributed by atoms with Crippen LogP contribution in [0.3, 0.4) is 0 Å². The molecule has 1 aliphatic heterocycles. The first-order valence-corrected chi connectivity index (χ1v) is 6.93. The zero-order chi connectivity index (χ0) is 13.5. The van der Waals surface area contributed by atoms with Crippen molar-refractivity contribution in [3.63, 3.8) is 0 Å². The zero-order valence-corrected chi connectivity index (χ0v) is 11.4. The third-order valence-corrected chi connectivity index (χ3v) is 3.97. The van der Waals surface area contributed by atoms with E-state index in [-0.39, 0.29) is 0 Å². The van der Waals surface area contributed by atoms with E-state index in [1.807, 2.05) is 0 Å². The van der Waals surface area contributed by atoms with Gasteiger partial charge in [0.15, 0.2) is 0 Å². The van der Waals surface area contributed by atoms with E-state index < -0.39 is 0 Å². The second-order valence-corrected chi connectivity index (χ2v) is 5.35. The van der Waals surface area contributed by atoms with E-state index in [1.165, 1.54) is 11.1 Å². The van der Waals surface area contributed by atoms with Gasteiger partial charge in [-0.25, -0.2) is 9.97 Å². The summed E-state index contributed by atoms with van der Waals surface area (Å²) in [6, 6.07) is 10.8. The van der Waals surface area contributed by atoms with Crippen LogP contribution in [0.5, 0.6) is 0 Å². The summed E-state index contributed by atoms with van der Waals surface area (Å²) in [5, 5.41) is 1.12. The van der Waals surface area contributed by atoms with Crippen molar-refractivity contribution in [1.29, 1.82) is 0 Å². The number of rotatable bonds is 1. The van der Waals surface area contributed by atoms with Gasteiger partial charge in [-0.2, -0.15) is 0 Å². The van der Waals surface area contributed by atoms with Crippen molar-refractivity contribution in [2.24, 2.45) is 0 Å². The van der Waals surface area contributed by atoms with Gasteiger partial charge in [0.05, 0.1) is 5.39 Å². The summed E-state index contributed by atoms with van der Waals surface area (Å²) >= 11 is 0. The average Bonchev–Trinajstić information content (AvgIpc) is 2.86. The maximum absolute atomic E-state index is 4.51. The normalized spacial score (nSPS) is 14.6. The Kier molecular flexibility index (Phi) is 2.49. The lowest BCUT2D eigenvalue weighted by molar-refractivity contribution is 0.723. The third-order valence-electron chi connectivity index (χ3n) is 3.97. The summed E-state index contributed by atoms with van der Waals surface area (Å²) in [5.74, 6) is 1.04.